The standard InChI is InChI=1S/C28H41NO2/c1-3-5-6-7-11-18-28(30,26-16-14-24(4-2)15-17-26)27(25-12-9-8-10-13-25)23-29-19-21-31-22-20-29/h8-10,12-17,27,30H,3-7,11,18-23H2,1-2H3/t27-,28+/m0/s1. The Bertz CT molecular complexity index is 739. The third-order valence-electron chi connectivity index (χ3n) is 6.85. The highest BCUT2D eigenvalue weighted by molar-refractivity contribution is 5.33. The fourth-order valence-corrected chi connectivity index (χ4v) is 4.81. The number of aryl methyl sites for hydroxylation is 1. The number of benzene rings is 2. The zero-order valence-corrected chi connectivity index (χ0v) is 19.6. The second-order valence-electron chi connectivity index (χ2n) is 9.02. The molecule has 1 aliphatic heterocycles. The first-order chi connectivity index (χ1) is 15.2. The number of morpholine rings is 1. The molecule has 0 aromatic heterocycles. The van der Waals surface area contributed by atoms with E-state index in [0.717, 1.165) is 57.7 Å². The molecule has 2 atom stereocenters. The molecule has 0 amide bonds. The quantitative estimate of drug-likeness (QED) is 0.431. The number of ether oxygens (including phenoxy) is 1. The molecule has 170 valence electrons. The van der Waals surface area contributed by atoms with Gasteiger partial charge < -0.3 is 9.84 Å². The van der Waals surface area contributed by atoms with Crippen LogP contribution in [0.5, 0.6) is 0 Å². The zero-order chi connectivity index (χ0) is 21.9. The van der Waals surface area contributed by atoms with Crippen LogP contribution in [0.15, 0.2) is 54.6 Å². The minimum Gasteiger partial charge on any atom is -0.384 e. The topological polar surface area (TPSA) is 32.7 Å². The molecule has 1 saturated heterocycles. The highest BCUT2D eigenvalue weighted by Gasteiger charge is 2.40. The Morgan fingerprint density at radius 2 is 1.58 bits per heavy atom. The van der Waals surface area contributed by atoms with Crippen molar-refractivity contribution < 1.29 is 9.84 Å². The maximum Gasteiger partial charge on any atom is 0.0977 e. The molecule has 1 heterocycles. The number of hydrogen-bond acceptors (Lipinski definition) is 3. The van der Waals surface area contributed by atoms with E-state index >= 15 is 0 Å². The Morgan fingerprint density at radius 3 is 2.23 bits per heavy atom. The van der Waals surface area contributed by atoms with E-state index in [-0.39, 0.29) is 5.92 Å². The summed E-state index contributed by atoms with van der Waals surface area (Å²) in [6.07, 6.45) is 7.82. The van der Waals surface area contributed by atoms with Gasteiger partial charge in [0.05, 0.1) is 18.8 Å². The molecule has 0 bridgehead atoms. The normalized spacial score (nSPS) is 17.9. The van der Waals surface area contributed by atoms with Gasteiger partial charge in [0, 0.05) is 25.6 Å². The highest BCUT2D eigenvalue weighted by atomic mass is 16.5. The van der Waals surface area contributed by atoms with Crippen molar-refractivity contribution in [1.82, 2.24) is 4.90 Å². The number of unbranched alkanes of at least 4 members (excludes halogenated alkanes) is 4. The summed E-state index contributed by atoms with van der Waals surface area (Å²) in [5.41, 5.74) is 2.73. The molecular weight excluding hydrogens is 382 g/mol. The molecule has 0 radical (unpaired) electrons. The van der Waals surface area contributed by atoms with E-state index in [9.17, 15) is 5.11 Å². The minimum absolute atomic E-state index is 0.0328. The zero-order valence-electron chi connectivity index (χ0n) is 19.6. The van der Waals surface area contributed by atoms with Crippen LogP contribution in [0.4, 0.5) is 0 Å². The van der Waals surface area contributed by atoms with Crippen molar-refractivity contribution in [2.45, 2.75) is 70.3 Å². The van der Waals surface area contributed by atoms with Gasteiger partial charge >= 0.3 is 0 Å². The van der Waals surface area contributed by atoms with E-state index in [1.54, 1.807) is 0 Å². The van der Waals surface area contributed by atoms with E-state index in [1.165, 1.54) is 36.8 Å². The summed E-state index contributed by atoms with van der Waals surface area (Å²) in [4.78, 5) is 2.46. The van der Waals surface area contributed by atoms with Crippen molar-refractivity contribution in [1.29, 1.82) is 0 Å². The lowest BCUT2D eigenvalue weighted by atomic mass is 9.73. The SMILES string of the molecule is CCCCCCC[C@@](O)(c1ccc(CC)cc1)[C@@H](CN1CCOCC1)c1ccccc1. The molecule has 0 spiro atoms. The molecule has 2 aromatic carbocycles. The van der Waals surface area contributed by atoms with Gasteiger partial charge in [0.25, 0.3) is 0 Å². The fourth-order valence-electron chi connectivity index (χ4n) is 4.81. The van der Waals surface area contributed by atoms with Gasteiger partial charge in [-0.05, 0) is 29.5 Å². The van der Waals surface area contributed by atoms with Gasteiger partial charge in [0.2, 0.25) is 0 Å². The van der Waals surface area contributed by atoms with Crippen LogP contribution in [-0.2, 0) is 16.8 Å². The van der Waals surface area contributed by atoms with E-state index in [0.29, 0.717) is 0 Å². The Hall–Kier alpha value is -1.68. The first kappa shape index (κ1) is 24.0. The lowest BCUT2D eigenvalue weighted by Crippen LogP contribution is -2.45. The van der Waals surface area contributed by atoms with Crippen molar-refractivity contribution in [2.24, 2.45) is 0 Å². The summed E-state index contributed by atoms with van der Waals surface area (Å²) in [5.74, 6) is 0.0328. The number of nitrogens with zero attached hydrogens (tertiary/aromatic N) is 1. The van der Waals surface area contributed by atoms with Gasteiger partial charge in [-0.25, -0.2) is 0 Å². The molecule has 0 unspecified atom stereocenters. The van der Waals surface area contributed by atoms with Crippen LogP contribution in [0.1, 0.15) is 75.0 Å². The molecule has 3 rings (SSSR count). The second kappa shape index (κ2) is 12.4. The lowest BCUT2D eigenvalue weighted by Gasteiger charge is -2.41. The largest absolute Gasteiger partial charge is 0.384 e. The van der Waals surface area contributed by atoms with Gasteiger partial charge in [0.15, 0.2) is 0 Å². The van der Waals surface area contributed by atoms with Crippen molar-refractivity contribution in [3.8, 4) is 0 Å². The molecule has 3 heteroatoms. The molecule has 1 aliphatic rings. The monoisotopic (exact) mass is 423 g/mol. The average Bonchev–Trinajstić information content (AvgIpc) is 2.83. The molecule has 0 saturated carbocycles. The molecule has 3 nitrogen and oxygen atoms in total. The van der Waals surface area contributed by atoms with E-state index in [4.69, 9.17) is 4.74 Å². The molecule has 0 aliphatic carbocycles. The minimum atomic E-state index is -0.877. The van der Waals surface area contributed by atoms with Crippen LogP contribution in [0, 0.1) is 0 Å². The average molecular weight is 424 g/mol. The van der Waals surface area contributed by atoms with Crippen LogP contribution in [-0.4, -0.2) is 42.9 Å². The molecule has 1 fully saturated rings. The smallest absolute Gasteiger partial charge is 0.0977 e. The predicted molar refractivity (Wildman–Crippen MR) is 130 cm³/mol. The molecule has 2 aromatic rings. The molecular formula is C28H41NO2. The maximum atomic E-state index is 12.4. The Balaban J connectivity index is 1.91. The summed E-state index contributed by atoms with van der Waals surface area (Å²) >= 11 is 0. The van der Waals surface area contributed by atoms with Gasteiger partial charge in [-0.1, -0.05) is 101 Å². The van der Waals surface area contributed by atoms with Crippen molar-refractivity contribution in [3.63, 3.8) is 0 Å². The first-order valence-electron chi connectivity index (χ1n) is 12.3. The van der Waals surface area contributed by atoms with E-state index in [2.05, 4.69) is 73.3 Å². The summed E-state index contributed by atoms with van der Waals surface area (Å²) in [6.45, 7) is 8.72. The van der Waals surface area contributed by atoms with Crippen LogP contribution >= 0.6 is 0 Å². The number of hydrogen-bond donors (Lipinski definition) is 1. The third kappa shape index (κ3) is 6.65. The fraction of sp³-hybridized carbons (Fsp3) is 0.571. The number of rotatable bonds is 12. The Morgan fingerprint density at radius 1 is 0.903 bits per heavy atom. The van der Waals surface area contributed by atoms with Gasteiger partial charge in [-0.2, -0.15) is 0 Å². The molecule has 31 heavy (non-hydrogen) atoms. The lowest BCUT2D eigenvalue weighted by molar-refractivity contribution is -0.0296. The van der Waals surface area contributed by atoms with Crippen molar-refractivity contribution in [3.05, 3.63) is 71.3 Å². The van der Waals surface area contributed by atoms with Crippen LogP contribution < -0.4 is 0 Å². The maximum absolute atomic E-state index is 12.4. The van der Waals surface area contributed by atoms with E-state index < -0.39 is 5.60 Å². The Labute approximate surface area is 189 Å². The van der Waals surface area contributed by atoms with Gasteiger partial charge in [0.1, 0.15) is 0 Å². The van der Waals surface area contributed by atoms with Crippen molar-refractivity contribution in [2.75, 3.05) is 32.8 Å². The summed E-state index contributed by atoms with van der Waals surface area (Å²) in [6, 6.07) is 19.4. The highest BCUT2D eigenvalue weighted by Crippen LogP contribution is 2.42. The molecule has 1 N–H and O–H groups in total. The number of aliphatic hydroxyl groups is 1. The van der Waals surface area contributed by atoms with Crippen LogP contribution in [0.2, 0.25) is 0 Å². The van der Waals surface area contributed by atoms with Crippen LogP contribution in [0.25, 0.3) is 0 Å². The predicted octanol–water partition coefficient (Wildman–Crippen LogP) is 5.91. The summed E-state index contributed by atoms with van der Waals surface area (Å²) < 4.78 is 5.58. The summed E-state index contributed by atoms with van der Waals surface area (Å²) in [7, 11) is 0. The second-order valence-corrected chi connectivity index (χ2v) is 9.02. The van der Waals surface area contributed by atoms with Crippen molar-refractivity contribution >= 4 is 0 Å². The van der Waals surface area contributed by atoms with Gasteiger partial charge in [-0.3, -0.25) is 4.90 Å². The summed E-state index contributed by atoms with van der Waals surface area (Å²) in [5, 5.41) is 12.4. The van der Waals surface area contributed by atoms with E-state index in [1.807, 2.05) is 0 Å². The van der Waals surface area contributed by atoms with Gasteiger partial charge in [-0.15, -0.1) is 0 Å². The van der Waals surface area contributed by atoms with Crippen LogP contribution in [0.3, 0.4) is 0 Å². The Kier molecular flexibility index (Phi) is 9.57. The first-order valence-corrected chi connectivity index (χ1v) is 12.3. The third-order valence-corrected chi connectivity index (χ3v) is 6.85.